The van der Waals surface area contributed by atoms with Gasteiger partial charge in [0.1, 0.15) is 0 Å². The molecule has 0 aliphatic rings. The van der Waals surface area contributed by atoms with Gasteiger partial charge in [0, 0.05) is 18.3 Å². The molecule has 1 heterocycles. The Bertz CT molecular complexity index is 537. The fourth-order valence-corrected chi connectivity index (χ4v) is 2.30. The summed E-state index contributed by atoms with van der Waals surface area (Å²) in [5.41, 5.74) is 1.76. The van der Waals surface area contributed by atoms with E-state index in [1.165, 1.54) is 0 Å². The Kier molecular flexibility index (Phi) is 3.92. The van der Waals surface area contributed by atoms with Crippen molar-refractivity contribution >= 4 is 34.8 Å². The van der Waals surface area contributed by atoms with Gasteiger partial charge in [-0.15, -0.1) is 5.10 Å². The van der Waals surface area contributed by atoms with E-state index in [0.29, 0.717) is 21.5 Å². The van der Waals surface area contributed by atoms with E-state index < -0.39 is 0 Å². The van der Waals surface area contributed by atoms with Crippen molar-refractivity contribution in [1.29, 1.82) is 0 Å². The van der Waals surface area contributed by atoms with Crippen LogP contribution in [0.25, 0.3) is 0 Å². The number of halogens is 3. The highest BCUT2D eigenvalue weighted by Gasteiger charge is 2.10. The summed E-state index contributed by atoms with van der Waals surface area (Å²) in [6.45, 7) is 0. The molecule has 0 radical (unpaired) electrons. The quantitative estimate of drug-likeness (QED) is 0.809. The molecule has 0 saturated carbocycles. The van der Waals surface area contributed by atoms with Crippen molar-refractivity contribution in [3.05, 3.63) is 44.7 Å². The highest BCUT2D eigenvalue weighted by molar-refractivity contribution is 6.44. The van der Waals surface area contributed by atoms with E-state index in [1.54, 1.807) is 16.8 Å². The minimum atomic E-state index is 0.517. The Morgan fingerprint density at radius 2 is 1.82 bits per heavy atom. The third kappa shape index (κ3) is 2.92. The van der Waals surface area contributed by atoms with Crippen LogP contribution in [-0.4, -0.2) is 15.0 Å². The van der Waals surface area contributed by atoms with E-state index in [1.807, 2.05) is 13.2 Å². The van der Waals surface area contributed by atoms with Gasteiger partial charge in [0.2, 0.25) is 0 Å². The molecule has 0 bridgehead atoms. The molecule has 0 fully saturated rings. The molecule has 0 atom stereocenters. The number of benzene rings is 1. The van der Waals surface area contributed by atoms with Gasteiger partial charge in [0.05, 0.1) is 15.7 Å². The maximum absolute atomic E-state index is 6.11. The van der Waals surface area contributed by atoms with Crippen molar-refractivity contribution in [2.24, 2.45) is 7.05 Å². The fourth-order valence-electron chi connectivity index (χ4n) is 1.56. The average Bonchev–Trinajstić information content (AvgIpc) is 2.70. The zero-order valence-electron chi connectivity index (χ0n) is 9.12. The predicted octanol–water partition coefficient (Wildman–Crippen LogP) is 3.56. The molecule has 0 N–H and O–H groups in total. The van der Waals surface area contributed by atoms with Crippen molar-refractivity contribution < 1.29 is 0 Å². The lowest BCUT2D eigenvalue weighted by molar-refractivity contribution is 0.713. The SMILES string of the molecule is Cn1cc(CCc2c(Cl)ccc(Cl)c2Cl)nn1. The molecule has 1 aromatic heterocycles. The first-order valence-electron chi connectivity index (χ1n) is 5.05. The van der Waals surface area contributed by atoms with Crippen LogP contribution in [0.5, 0.6) is 0 Å². The number of aromatic nitrogens is 3. The monoisotopic (exact) mass is 289 g/mol. The predicted molar refractivity (Wildman–Crippen MR) is 69.9 cm³/mol. The lowest BCUT2D eigenvalue weighted by Gasteiger charge is -2.07. The topological polar surface area (TPSA) is 30.7 Å². The zero-order chi connectivity index (χ0) is 12.4. The second-order valence-corrected chi connectivity index (χ2v) is 4.90. The van der Waals surface area contributed by atoms with Gasteiger partial charge in [0.25, 0.3) is 0 Å². The summed E-state index contributed by atoms with van der Waals surface area (Å²) in [4.78, 5) is 0. The van der Waals surface area contributed by atoms with Crippen molar-refractivity contribution in [1.82, 2.24) is 15.0 Å². The molecule has 17 heavy (non-hydrogen) atoms. The first-order chi connectivity index (χ1) is 8.08. The van der Waals surface area contributed by atoms with Crippen molar-refractivity contribution in [2.45, 2.75) is 12.8 Å². The smallest absolute Gasteiger partial charge is 0.0830 e. The minimum absolute atomic E-state index is 0.517. The molecule has 2 rings (SSSR count). The van der Waals surface area contributed by atoms with Crippen LogP contribution >= 0.6 is 34.8 Å². The Labute approximate surface area is 114 Å². The van der Waals surface area contributed by atoms with Gasteiger partial charge in [-0.25, -0.2) is 0 Å². The molecule has 90 valence electrons. The lowest BCUT2D eigenvalue weighted by atomic mass is 10.1. The van der Waals surface area contributed by atoms with Crippen LogP contribution in [0.15, 0.2) is 18.3 Å². The molecular weight excluding hydrogens is 281 g/mol. The Balaban J connectivity index is 2.16. The summed E-state index contributed by atoms with van der Waals surface area (Å²) in [5.74, 6) is 0. The second-order valence-electron chi connectivity index (χ2n) is 3.71. The van der Waals surface area contributed by atoms with E-state index in [0.717, 1.165) is 17.7 Å². The Morgan fingerprint density at radius 3 is 2.47 bits per heavy atom. The summed E-state index contributed by atoms with van der Waals surface area (Å²) >= 11 is 18.1. The Morgan fingerprint density at radius 1 is 1.12 bits per heavy atom. The zero-order valence-corrected chi connectivity index (χ0v) is 11.4. The maximum atomic E-state index is 6.11. The van der Waals surface area contributed by atoms with Gasteiger partial charge in [0.15, 0.2) is 0 Å². The van der Waals surface area contributed by atoms with Gasteiger partial charge in [-0.05, 0) is 30.5 Å². The lowest BCUT2D eigenvalue weighted by Crippen LogP contribution is -1.94. The maximum Gasteiger partial charge on any atom is 0.0830 e. The molecule has 2 aromatic rings. The summed E-state index contributed by atoms with van der Waals surface area (Å²) < 4.78 is 1.66. The number of hydrogen-bond donors (Lipinski definition) is 0. The van der Waals surface area contributed by atoms with Crippen molar-refractivity contribution in [3.8, 4) is 0 Å². The van der Waals surface area contributed by atoms with E-state index in [2.05, 4.69) is 10.3 Å². The third-order valence-corrected chi connectivity index (χ3v) is 3.62. The normalized spacial score (nSPS) is 10.8. The van der Waals surface area contributed by atoms with Crippen LogP contribution in [0.4, 0.5) is 0 Å². The van der Waals surface area contributed by atoms with Crippen LogP contribution in [-0.2, 0) is 19.9 Å². The molecule has 1 aromatic carbocycles. The number of rotatable bonds is 3. The largest absolute Gasteiger partial charge is 0.255 e. The summed E-state index contributed by atoms with van der Waals surface area (Å²) in [5, 5.41) is 9.54. The van der Waals surface area contributed by atoms with Gasteiger partial charge >= 0.3 is 0 Å². The molecule has 3 nitrogen and oxygen atoms in total. The van der Waals surface area contributed by atoms with E-state index in [9.17, 15) is 0 Å². The first-order valence-corrected chi connectivity index (χ1v) is 6.19. The third-order valence-electron chi connectivity index (χ3n) is 2.42. The molecule has 0 saturated heterocycles. The minimum Gasteiger partial charge on any atom is -0.255 e. The summed E-state index contributed by atoms with van der Waals surface area (Å²) in [7, 11) is 1.83. The number of aryl methyl sites for hydroxylation is 2. The standard InChI is InChI=1S/C11H10Cl3N3/c1-17-6-7(15-16-17)2-3-8-9(12)4-5-10(13)11(8)14/h4-6H,2-3H2,1H3. The van der Waals surface area contributed by atoms with Crippen LogP contribution in [0.3, 0.4) is 0 Å². The van der Waals surface area contributed by atoms with E-state index in [4.69, 9.17) is 34.8 Å². The van der Waals surface area contributed by atoms with E-state index >= 15 is 0 Å². The van der Waals surface area contributed by atoms with Crippen LogP contribution < -0.4 is 0 Å². The molecule has 6 heteroatoms. The van der Waals surface area contributed by atoms with Gasteiger partial charge in [-0.2, -0.15) is 0 Å². The highest BCUT2D eigenvalue weighted by atomic mass is 35.5. The van der Waals surface area contributed by atoms with E-state index in [-0.39, 0.29) is 0 Å². The molecule has 0 aliphatic carbocycles. The van der Waals surface area contributed by atoms with Crippen molar-refractivity contribution in [2.75, 3.05) is 0 Å². The molecule has 0 unspecified atom stereocenters. The number of nitrogens with zero attached hydrogens (tertiary/aromatic N) is 3. The van der Waals surface area contributed by atoms with Gasteiger partial charge in [-0.3, -0.25) is 4.68 Å². The molecular formula is C11H10Cl3N3. The average molecular weight is 291 g/mol. The molecule has 0 aliphatic heterocycles. The van der Waals surface area contributed by atoms with Gasteiger partial charge in [-0.1, -0.05) is 40.0 Å². The molecule has 0 spiro atoms. The Hall–Kier alpha value is -0.770. The van der Waals surface area contributed by atoms with Crippen molar-refractivity contribution in [3.63, 3.8) is 0 Å². The summed E-state index contributed by atoms with van der Waals surface area (Å²) in [6.07, 6.45) is 3.29. The summed E-state index contributed by atoms with van der Waals surface area (Å²) in [6, 6.07) is 3.44. The van der Waals surface area contributed by atoms with Gasteiger partial charge < -0.3 is 0 Å². The molecule has 0 amide bonds. The van der Waals surface area contributed by atoms with Crippen LogP contribution in [0.2, 0.25) is 15.1 Å². The van der Waals surface area contributed by atoms with Crippen LogP contribution in [0.1, 0.15) is 11.3 Å². The van der Waals surface area contributed by atoms with Crippen LogP contribution in [0, 0.1) is 0 Å². The first kappa shape index (κ1) is 12.7. The second kappa shape index (κ2) is 5.25. The highest BCUT2D eigenvalue weighted by Crippen LogP contribution is 2.32. The fraction of sp³-hybridized carbons (Fsp3) is 0.273. The number of hydrogen-bond acceptors (Lipinski definition) is 2.